The van der Waals surface area contributed by atoms with Crippen LogP contribution in [0.15, 0.2) is 0 Å². The Hall–Kier alpha value is -0.360. The Kier molecular flexibility index (Phi) is 5.58. The normalized spacial score (nSPS) is 34.1. The summed E-state index contributed by atoms with van der Waals surface area (Å²) < 4.78 is 111. The molecule has 0 N–H and O–H groups in total. The molecule has 0 aromatic rings. The van der Waals surface area contributed by atoms with Crippen LogP contribution in [-0.4, -0.2) is 81.1 Å². The Morgan fingerprint density at radius 3 is 1.31 bits per heavy atom. The van der Waals surface area contributed by atoms with Gasteiger partial charge < -0.3 is 0 Å². The molecule has 0 aromatic heterocycles. The lowest BCUT2D eigenvalue weighted by Crippen LogP contribution is -2.39. The quantitative estimate of drug-likeness (QED) is 0.381. The van der Waals surface area contributed by atoms with E-state index in [0.717, 1.165) is 0 Å². The molecule has 2 atom stereocenters. The first-order valence-electron chi connectivity index (χ1n) is 7.05. The van der Waals surface area contributed by atoms with Crippen molar-refractivity contribution in [1.82, 2.24) is 0 Å². The van der Waals surface area contributed by atoms with Gasteiger partial charge in [0.2, 0.25) is 0 Å². The van der Waals surface area contributed by atoms with Gasteiger partial charge in [-0.1, -0.05) is 0 Å². The molecule has 0 saturated carbocycles. The van der Waals surface area contributed by atoms with Crippen molar-refractivity contribution in [3.63, 3.8) is 0 Å². The Morgan fingerprint density at radius 2 is 1.08 bits per heavy atom. The SMILES string of the molecule is CC1(OS(=O)(=O)CCS(=O)(=O)OC2(C)COS(=O)(=O)C2)COS(=O)(=O)C1. The molecular formula is C10H18O12S4. The highest BCUT2D eigenvalue weighted by atomic mass is 32.2. The third kappa shape index (κ3) is 6.08. The van der Waals surface area contributed by atoms with E-state index in [1.807, 2.05) is 0 Å². The fraction of sp³-hybridized carbons (Fsp3) is 1.00. The Labute approximate surface area is 152 Å². The van der Waals surface area contributed by atoms with Crippen molar-refractivity contribution in [1.29, 1.82) is 0 Å². The van der Waals surface area contributed by atoms with E-state index in [9.17, 15) is 33.7 Å². The molecule has 2 aliphatic rings. The molecule has 0 spiro atoms. The second-order valence-electron chi connectivity index (χ2n) is 6.52. The van der Waals surface area contributed by atoms with E-state index < -0.39 is 87.9 Å². The largest absolute Gasteiger partial charge is 0.270 e. The summed E-state index contributed by atoms with van der Waals surface area (Å²) in [6, 6.07) is 0. The zero-order valence-electron chi connectivity index (χ0n) is 13.8. The van der Waals surface area contributed by atoms with Crippen molar-refractivity contribution in [3.8, 4) is 0 Å². The third-order valence-corrected chi connectivity index (χ3v) is 9.15. The van der Waals surface area contributed by atoms with Crippen LogP contribution < -0.4 is 0 Å². The Balaban J connectivity index is 1.98. The van der Waals surface area contributed by atoms with E-state index >= 15 is 0 Å². The lowest BCUT2D eigenvalue weighted by Gasteiger charge is -2.22. The van der Waals surface area contributed by atoms with E-state index in [1.54, 1.807) is 0 Å². The summed E-state index contributed by atoms with van der Waals surface area (Å²) in [4.78, 5) is 0. The van der Waals surface area contributed by atoms with Crippen LogP contribution in [-0.2, 0) is 57.2 Å². The first kappa shape index (κ1) is 21.9. The number of hydrogen-bond acceptors (Lipinski definition) is 12. The maximum atomic E-state index is 12.0. The molecule has 16 heteroatoms. The van der Waals surface area contributed by atoms with Gasteiger partial charge >= 0.3 is 0 Å². The van der Waals surface area contributed by atoms with Gasteiger partial charge in [0, 0.05) is 0 Å². The summed E-state index contributed by atoms with van der Waals surface area (Å²) in [5.74, 6) is -3.44. The monoisotopic (exact) mass is 458 g/mol. The van der Waals surface area contributed by atoms with Crippen LogP contribution in [0.4, 0.5) is 0 Å². The van der Waals surface area contributed by atoms with Gasteiger partial charge in [-0.3, -0.25) is 16.7 Å². The molecule has 2 saturated heterocycles. The lowest BCUT2D eigenvalue weighted by molar-refractivity contribution is 0.0881. The van der Waals surface area contributed by atoms with Crippen LogP contribution in [0.3, 0.4) is 0 Å². The van der Waals surface area contributed by atoms with Crippen molar-refractivity contribution in [2.45, 2.75) is 25.0 Å². The summed E-state index contributed by atoms with van der Waals surface area (Å²) >= 11 is 0. The number of hydrogen-bond donors (Lipinski definition) is 0. The van der Waals surface area contributed by atoms with Gasteiger partial charge in [-0.05, 0) is 13.8 Å². The molecule has 2 rings (SSSR count). The topological polar surface area (TPSA) is 173 Å². The first-order chi connectivity index (χ1) is 11.4. The number of rotatable bonds is 7. The molecule has 26 heavy (non-hydrogen) atoms. The van der Waals surface area contributed by atoms with Crippen LogP contribution in [0, 0.1) is 0 Å². The van der Waals surface area contributed by atoms with E-state index in [2.05, 4.69) is 8.37 Å². The lowest BCUT2D eigenvalue weighted by atomic mass is 10.2. The van der Waals surface area contributed by atoms with Crippen LogP contribution in [0.1, 0.15) is 13.8 Å². The van der Waals surface area contributed by atoms with E-state index in [0.29, 0.717) is 0 Å². The Morgan fingerprint density at radius 1 is 0.769 bits per heavy atom. The second kappa shape index (κ2) is 6.61. The molecule has 2 aliphatic heterocycles. The zero-order valence-corrected chi connectivity index (χ0v) is 17.0. The second-order valence-corrected chi connectivity index (χ2v) is 13.2. The highest BCUT2D eigenvalue weighted by molar-refractivity contribution is 7.90. The van der Waals surface area contributed by atoms with Crippen molar-refractivity contribution in [3.05, 3.63) is 0 Å². The van der Waals surface area contributed by atoms with E-state index in [1.165, 1.54) is 13.8 Å². The van der Waals surface area contributed by atoms with Crippen LogP contribution >= 0.6 is 0 Å². The van der Waals surface area contributed by atoms with Crippen molar-refractivity contribution >= 4 is 40.5 Å². The fourth-order valence-corrected chi connectivity index (χ4v) is 8.53. The summed E-state index contributed by atoms with van der Waals surface area (Å²) in [6.07, 6.45) is 0. The molecule has 0 radical (unpaired) electrons. The standard InChI is InChI=1S/C10H18O12S4/c1-9(5-19-25(15,16)7-9)21-23(11,12)3-4-24(13,14)22-10(2)6-20-26(17,18)8-10/h3-8H2,1-2H3. The van der Waals surface area contributed by atoms with Crippen LogP contribution in [0.25, 0.3) is 0 Å². The molecule has 2 unspecified atom stereocenters. The molecule has 0 amide bonds. The van der Waals surface area contributed by atoms with Crippen molar-refractivity contribution in [2.24, 2.45) is 0 Å². The fourth-order valence-electron chi connectivity index (χ4n) is 2.34. The van der Waals surface area contributed by atoms with Crippen molar-refractivity contribution in [2.75, 3.05) is 36.2 Å². The molecule has 0 bridgehead atoms. The minimum Gasteiger partial charge on any atom is -0.267 e. The average molecular weight is 459 g/mol. The summed E-state index contributed by atoms with van der Waals surface area (Å²) in [7, 11) is -16.7. The summed E-state index contributed by atoms with van der Waals surface area (Å²) in [5.41, 5.74) is -3.33. The van der Waals surface area contributed by atoms with E-state index in [4.69, 9.17) is 8.37 Å². The predicted molar refractivity (Wildman–Crippen MR) is 86.0 cm³/mol. The smallest absolute Gasteiger partial charge is 0.267 e. The molecule has 2 fully saturated rings. The first-order valence-corrected chi connectivity index (χ1v) is 13.4. The molecule has 2 heterocycles. The van der Waals surface area contributed by atoms with Gasteiger partial charge in [-0.25, -0.2) is 0 Å². The Bertz CT molecular complexity index is 895. The minimum absolute atomic E-state index is 0.523. The highest BCUT2D eigenvalue weighted by Gasteiger charge is 2.46. The van der Waals surface area contributed by atoms with Crippen LogP contribution in [0.2, 0.25) is 0 Å². The van der Waals surface area contributed by atoms with Gasteiger partial charge in [0.15, 0.2) is 0 Å². The van der Waals surface area contributed by atoms with Crippen LogP contribution in [0.5, 0.6) is 0 Å². The summed E-state index contributed by atoms with van der Waals surface area (Å²) in [6.45, 7) is 1.35. The molecule has 154 valence electrons. The highest BCUT2D eigenvalue weighted by Crippen LogP contribution is 2.27. The zero-order chi connectivity index (χ0) is 20.1. The minimum atomic E-state index is -4.44. The van der Waals surface area contributed by atoms with Gasteiger partial charge in [0.05, 0.1) is 24.7 Å². The van der Waals surface area contributed by atoms with Gasteiger partial charge in [0.1, 0.15) is 22.7 Å². The van der Waals surface area contributed by atoms with Gasteiger partial charge in [-0.15, -0.1) is 0 Å². The van der Waals surface area contributed by atoms with Gasteiger partial charge in [-0.2, -0.15) is 33.7 Å². The van der Waals surface area contributed by atoms with Crippen molar-refractivity contribution < 1.29 is 50.4 Å². The maximum absolute atomic E-state index is 12.0. The molecule has 0 aromatic carbocycles. The maximum Gasteiger partial charge on any atom is 0.270 e. The molecule has 0 aliphatic carbocycles. The molecular weight excluding hydrogens is 440 g/mol. The third-order valence-electron chi connectivity index (χ3n) is 3.29. The summed E-state index contributed by atoms with van der Waals surface area (Å²) in [5, 5.41) is 0. The van der Waals surface area contributed by atoms with Gasteiger partial charge in [0.25, 0.3) is 40.5 Å². The average Bonchev–Trinajstić information content (AvgIpc) is 2.81. The van der Waals surface area contributed by atoms with E-state index in [-0.39, 0.29) is 0 Å². The molecule has 12 nitrogen and oxygen atoms in total. The predicted octanol–water partition coefficient (Wildman–Crippen LogP) is -2.08.